The Labute approximate surface area is 115 Å². The van der Waals surface area contributed by atoms with Crippen molar-refractivity contribution >= 4 is 11.6 Å². The van der Waals surface area contributed by atoms with Crippen molar-refractivity contribution in [3.63, 3.8) is 0 Å². The molecule has 0 bridgehead atoms. The number of aryl methyl sites for hydroxylation is 1. The van der Waals surface area contributed by atoms with E-state index in [4.69, 9.17) is 4.74 Å². The van der Waals surface area contributed by atoms with Gasteiger partial charge in [0.15, 0.2) is 18.2 Å². The van der Waals surface area contributed by atoms with Crippen molar-refractivity contribution in [1.82, 2.24) is 0 Å². The smallest absolute Gasteiger partial charge is 0.262 e. The molecule has 20 heavy (non-hydrogen) atoms. The zero-order valence-electron chi connectivity index (χ0n) is 10.8. The quantitative estimate of drug-likeness (QED) is 0.931. The summed E-state index contributed by atoms with van der Waals surface area (Å²) in [5.74, 6) is -1.84. The highest BCUT2D eigenvalue weighted by molar-refractivity contribution is 5.91. The van der Waals surface area contributed by atoms with Crippen molar-refractivity contribution in [2.75, 3.05) is 11.9 Å². The SMILES string of the molecule is Cc1cccc(OCC(=O)Nc2ccc(F)c(F)c2)c1. The lowest BCUT2D eigenvalue weighted by Gasteiger charge is -2.08. The summed E-state index contributed by atoms with van der Waals surface area (Å²) in [6.07, 6.45) is 0. The van der Waals surface area contributed by atoms with Crippen LogP contribution in [-0.4, -0.2) is 12.5 Å². The van der Waals surface area contributed by atoms with Crippen molar-refractivity contribution in [1.29, 1.82) is 0 Å². The molecule has 2 aromatic rings. The van der Waals surface area contributed by atoms with Crippen LogP contribution in [0.5, 0.6) is 5.75 Å². The predicted molar refractivity (Wildman–Crippen MR) is 71.7 cm³/mol. The average molecular weight is 277 g/mol. The van der Waals surface area contributed by atoms with Gasteiger partial charge in [0.1, 0.15) is 5.75 Å². The molecule has 104 valence electrons. The van der Waals surface area contributed by atoms with E-state index >= 15 is 0 Å². The van der Waals surface area contributed by atoms with Crippen LogP contribution in [0.1, 0.15) is 5.56 Å². The molecule has 0 spiro atoms. The molecule has 0 radical (unpaired) electrons. The highest BCUT2D eigenvalue weighted by atomic mass is 19.2. The van der Waals surface area contributed by atoms with Crippen LogP contribution in [0.2, 0.25) is 0 Å². The number of rotatable bonds is 4. The molecule has 1 N–H and O–H groups in total. The molecular formula is C15H13F2NO2. The van der Waals surface area contributed by atoms with E-state index in [-0.39, 0.29) is 12.3 Å². The van der Waals surface area contributed by atoms with Crippen LogP contribution in [-0.2, 0) is 4.79 Å². The lowest BCUT2D eigenvalue weighted by atomic mass is 10.2. The van der Waals surface area contributed by atoms with Crippen LogP contribution >= 0.6 is 0 Å². The molecule has 0 aliphatic rings. The number of carbonyl (C=O) groups excluding carboxylic acids is 1. The highest BCUT2D eigenvalue weighted by Gasteiger charge is 2.07. The second-order valence-corrected chi connectivity index (χ2v) is 4.28. The molecule has 0 aromatic heterocycles. The highest BCUT2D eigenvalue weighted by Crippen LogP contribution is 2.14. The fraction of sp³-hybridized carbons (Fsp3) is 0.133. The molecular weight excluding hydrogens is 264 g/mol. The fourth-order valence-corrected chi connectivity index (χ4v) is 1.62. The molecule has 0 aliphatic carbocycles. The van der Waals surface area contributed by atoms with Crippen LogP contribution in [0.15, 0.2) is 42.5 Å². The van der Waals surface area contributed by atoms with E-state index in [2.05, 4.69) is 5.32 Å². The standard InChI is InChI=1S/C15H13F2NO2/c1-10-3-2-4-12(7-10)20-9-15(19)18-11-5-6-13(16)14(17)8-11/h2-8H,9H2,1H3,(H,18,19). The Kier molecular flexibility index (Phi) is 4.30. The number of carbonyl (C=O) groups is 1. The van der Waals surface area contributed by atoms with Crippen molar-refractivity contribution < 1.29 is 18.3 Å². The summed E-state index contributed by atoms with van der Waals surface area (Å²) in [4.78, 5) is 11.6. The molecule has 0 saturated heterocycles. The summed E-state index contributed by atoms with van der Waals surface area (Å²) in [6, 6.07) is 10.4. The van der Waals surface area contributed by atoms with E-state index in [0.717, 1.165) is 17.7 Å². The number of halogens is 2. The van der Waals surface area contributed by atoms with Gasteiger partial charge < -0.3 is 10.1 Å². The first-order valence-electron chi connectivity index (χ1n) is 5.99. The Balaban J connectivity index is 1.91. The average Bonchev–Trinajstić information content (AvgIpc) is 2.41. The van der Waals surface area contributed by atoms with E-state index in [1.54, 1.807) is 12.1 Å². The van der Waals surface area contributed by atoms with Gasteiger partial charge in [0.05, 0.1) is 0 Å². The molecule has 3 nitrogen and oxygen atoms in total. The third-order valence-corrected chi connectivity index (χ3v) is 2.56. The molecule has 0 fully saturated rings. The van der Waals surface area contributed by atoms with E-state index < -0.39 is 17.5 Å². The third kappa shape index (κ3) is 3.78. The van der Waals surface area contributed by atoms with Gasteiger partial charge in [0.25, 0.3) is 5.91 Å². The van der Waals surface area contributed by atoms with Crippen molar-refractivity contribution in [3.05, 3.63) is 59.7 Å². The van der Waals surface area contributed by atoms with Gasteiger partial charge in [-0.1, -0.05) is 12.1 Å². The van der Waals surface area contributed by atoms with Gasteiger partial charge in [0.2, 0.25) is 0 Å². The zero-order chi connectivity index (χ0) is 14.5. The number of hydrogen-bond acceptors (Lipinski definition) is 2. The number of ether oxygens (including phenoxy) is 1. The van der Waals surface area contributed by atoms with Gasteiger partial charge >= 0.3 is 0 Å². The lowest BCUT2D eigenvalue weighted by molar-refractivity contribution is -0.118. The number of hydrogen-bond donors (Lipinski definition) is 1. The van der Waals surface area contributed by atoms with Gasteiger partial charge in [-0.15, -0.1) is 0 Å². The summed E-state index contributed by atoms with van der Waals surface area (Å²) in [7, 11) is 0. The Hall–Kier alpha value is -2.43. The van der Waals surface area contributed by atoms with Crippen LogP contribution in [0.25, 0.3) is 0 Å². The molecule has 0 atom stereocenters. The molecule has 0 aliphatic heterocycles. The van der Waals surface area contributed by atoms with Crippen LogP contribution in [0, 0.1) is 18.6 Å². The minimum absolute atomic E-state index is 0.182. The Morgan fingerprint density at radius 3 is 2.65 bits per heavy atom. The van der Waals surface area contributed by atoms with Crippen LogP contribution in [0.4, 0.5) is 14.5 Å². The normalized spacial score (nSPS) is 10.2. The fourth-order valence-electron chi connectivity index (χ4n) is 1.62. The van der Waals surface area contributed by atoms with Gasteiger partial charge in [-0.3, -0.25) is 4.79 Å². The summed E-state index contributed by atoms with van der Waals surface area (Å²) >= 11 is 0. The molecule has 2 rings (SSSR count). The Bertz CT molecular complexity index is 629. The first-order chi connectivity index (χ1) is 9.54. The van der Waals surface area contributed by atoms with Crippen LogP contribution < -0.4 is 10.1 Å². The monoisotopic (exact) mass is 277 g/mol. The maximum atomic E-state index is 13.0. The Morgan fingerprint density at radius 1 is 1.15 bits per heavy atom. The van der Waals surface area contributed by atoms with Gasteiger partial charge in [-0.25, -0.2) is 8.78 Å². The number of anilines is 1. The molecule has 0 saturated carbocycles. The van der Waals surface area contributed by atoms with E-state index in [1.807, 2.05) is 19.1 Å². The molecule has 0 heterocycles. The largest absolute Gasteiger partial charge is 0.484 e. The first-order valence-corrected chi connectivity index (χ1v) is 5.99. The van der Waals surface area contributed by atoms with Crippen LogP contribution in [0.3, 0.4) is 0 Å². The Morgan fingerprint density at radius 2 is 1.95 bits per heavy atom. The molecule has 0 unspecified atom stereocenters. The number of amides is 1. The summed E-state index contributed by atoms with van der Waals surface area (Å²) < 4.78 is 31.0. The van der Waals surface area contributed by atoms with E-state index in [1.165, 1.54) is 6.07 Å². The van der Waals surface area contributed by atoms with E-state index in [0.29, 0.717) is 5.75 Å². The zero-order valence-corrected chi connectivity index (χ0v) is 10.8. The molecule has 1 amide bonds. The maximum absolute atomic E-state index is 13.0. The predicted octanol–water partition coefficient (Wildman–Crippen LogP) is 3.29. The summed E-state index contributed by atoms with van der Waals surface area (Å²) in [5.41, 5.74) is 1.20. The summed E-state index contributed by atoms with van der Waals surface area (Å²) in [5, 5.41) is 2.42. The van der Waals surface area contributed by atoms with Gasteiger partial charge in [-0.05, 0) is 36.8 Å². The second kappa shape index (κ2) is 6.14. The van der Waals surface area contributed by atoms with Crippen molar-refractivity contribution in [2.45, 2.75) is 6.92 Å². The minimum Gasteiger partial charge on any atom is -0.484 e. The van der Waals surface area contributed by atoms with E-state index in [9.17, 15) is 13.6 Å². The minimum atomic E-state index is -1.01. The van der Waals surface area contributed by atoms with Crippen molar-refractivity contribution in [3.8, 4) is 5.75 Å². The van der Waals surface area contributed by atoms with Crippen molar-refractivity contribution in [2.24, 2.45) is 0 Å². The first kappa shape index (κ1) is 14.0. The third-order valence-electron chi connectivity index (χ3n) is 2.56. The molecule has 5 heteroatoms. The number of nitrogens with one attached hydrogen (secondary N) is 1. The lowest BCUT2D eigenvalue weighted by Crippen LogP contribution is -2.20. The van der Waals surface area contributed by atoms with Gasteiger partial charge in [-0.2, -0.15) is 0 Å². The maximum Gasteiger partial charge on any atom is 0.262 e. The topological polar surface area (TPSA) is 38.3 Å². The number of benzene rings is 2. The summed E-state index contributed by atoms with van der Waals surface area (Å²) in [6.45, 7) is 1.71. The van der Waals surface area contributed by atoms with Gasteiger partial charge in [0, 0.05) is 11.8 Å². The molecule has 2 aromatic carbocycles. The second-order valence-electron chi connectivity index (χ2n) is 4.28.